The fourth-order valence-corrected chi connectivity index (χ4v) is 2.22. The molecule has 0 aliphatic heterocycles. The summed E-state index contributed by atoms with van der Waals surface area (Å²) in [7, 11) is 0. The number of aliphatic carboxylic acids is 1. The fraction of sp³-hybridized carbons (Fsp3) is 0.111. The van der Waals surface area contributed by atoms with Gasteiger partial charge in [-0.25, -0.2) is 0 Å². The fourth-order valence-electron chi connectivity index (χ4n) is 2.22. The van der Waals surface area contributed by atoms with Crippen LogP contribution in [0.4, 0.5) is 0 Å². The van der Waals surface area contributed by atoms with Crippen molar-refractivity contribution in [1.29, 1.82) is 0 Å². The van der Waals surface area contributed by atoms with Gasteiger partial charge >= 0.3 is 5.97 Å². The first-order valence-corrected chi connectivity index (χ1v) is 7.22. The Bertz CT molecular complexity index is 780. The summed E-state index contributed by atoms with van der Waals surface area (Å²) in [5.41, 5.74) is 2.96. The molecule has 3 aromatic rings. The van der Waals surface area contributed by atoms with E-state index in [9.17, 15) is 4.79 Å². The molecule has 0 unspecified atom stereocenters. The predicted octanol–water partition coefficient (Wildman–Crippen LogP) is 3.21. The van der Waals surface area contributed by atoms with Crippen LogP contribution in [0.3, 0.4) is 0 Å². The van der Waals surface area contributed by atoms with Crippen LogP contribution in [-0.2, 0) is 17.9 Å². The molecule has 3 rings (SSSR count). The Kier molecular flexibility index (Phi) is 4.38. The van der Waals surface area contributed by atoms with Gasteiger partial charge < -0.3 is 9.84 Å². The van der Waals surface area contributed by atoms with Crippen LogP contribution in [-0.4, -0.2) is 20.9 Å². The molecule has 0 bridgehead atoms. The van der Waals surface area contributed by atoms with E-state index in [0.717, 1.165) is 22.4 Å². The zero-order chi connectivity index (χ0) is 16.1. The van der Waals surface area contributed by atoms with Crippen molar-refractivity contribution < 1.29 is 14.6 Å². The van der Waals surface area contributed by atoms with Gasteiger partial charge in [-0.15, -0.1) is 0 Å². The molecule has 5 nitrogen and oxygen atoms in total. The highest BCUT2D eigenvalue weighted by atomic mass is 16.5. The van der Waals surface area contributed by atoms with E-state index in [4.69, 9.17) is 9.84 Å². The first-order chi connectivity index (χ1) is 11.2. The largest absolute Gasteiger partial charge is 0.489 e. The average molecular weight is 308 g/mol. The van der Waals surface area contributed by atoms with Crippen LogP contribution in [0, 0.1) is 0 Å². The Morgan fingerprint density at radius 3 is 2.48 bits per heavy atom. The van der Waals surface area contributed by atoms with Crippen LogP contribution in [0.1, 0.15) is 5.56 Å². The second-order valence-electron chi connectivity index (χ2n) is 5.12. The summed E-state index contributed by atoms with van der Waals surface area (Å²) in [5.74, 6) is -0.125. The molecule has 23 heavy (non-hydrogen) atoms. The van der Waals surface area contributed by atoms with Crippen molar-refractivity contribution in [2.24, 2.45) is 0 Å². The zero-order valence-corrected chi connectivity index (χ0v) is 12.4. The number of aromatic nitrogens is 2. The summed E-state index contributed by atoms with van der Waals surface area (Å²) in [5, 5.41) is 12.8. The molecule has 1 aromatic heterocycles. The number of nitrogens with zero attached hydrogens (tertiary/aromatic N) is 2. The Hall–Kier alpha value is -3.08. The van der Waals surface area contributed by atoms with Crippen LogP contribution < -0.4 is 4.74 Å². The number of carbonyl (C=O) groups is 1. The molecule has 0 saturated carbocycles. The highest BCUT2D eigenvalue weighted by Crippen LogP contribution is 2.22. The average Bonchev–Trinajstić information content (AvgIpc) is 3.02. The molecular formula is C18H16N2O3. The lowest BCUT2D eigenvalue weighted by Gasteiger charge is -2.06. The maximum atomic E-state index is 10.7. The van der Waals surface area contributed by atoms with Gasteiger partial charge in [-0.05, 0) is 23.3 Å². The summed E-state index contributed by atoms with van der Waals surface area (Å²) in [6.07, 6.45) is 3.37. The first-order valence-electron chi connectivity index (χ1n) is 7.22. The number of hydrogen-bond donors (Lipinski definition) is 1. The number of ether oxygens (including phenoxy) is 1. The van der Waals surface area contributed by atoms with Gasteiger partial charge in [-0.3, -0.25) is 9.48 Å². The molecule has 1 N–H and O–H groups in total. The van der Waals surface area contributed by atoms with Gasteiger partial charge in [0.1, 0.15) is 18.9 Å². The summed E-state index contributed by atoms with van der Waals surface area (Å²) >= 11 is 0. The lowest BCUT2D eigenvalue weighted by molar-refractivity contribution is -0.137. The van der Waals surface area contributed by atoms with E-state index in [1.54, 1.807) is 12.4 Å². The summed E-state index contributed by atoms with van der Waals surface area (Å²) in [6, 6.07) is 17.6. The maximum Gasteiger partial charge on any atom is 0.325 e. The van der Waals surface area contributed by atoms with Crippen molar-refractivity contribution in [2.75, 3.05) is 0 Å². The standard InChI is InChI=1S/C18H16N2O3/c21-18(22)12-20-11-16(10-19-20)15-6-8-17(9-7-15)23-13-14-4-2-1-3-5-14/h1-11H,12-13H2,(H,21,22). The molecule has 0 amide bonds. The third kappa shape index (κ3) is 3.97. The van der Waals surface area contributed by atoms with Crippen molar-refractivity contribution in [3.8, 4) is 16.9 Å². The van der Waals surface area contributed by atoms with E-state index in [0.29, 0.717) is 6.61 Å². The topological polar surface area (TPSA) is 64.3 Å². The van der Waals surface area contributed by atoms with Crippen molar-refractivity contribution in [1.82, 2.24) is 9.78 Å². The van der Waals surface area contributed by atoms with E-state index in [1.165, 1.54) is 4.68 Å². The molecule has 116 valence electrons. The number of carboxylic acid groups (broad SMARTS) is 1. The molecule has 0 fully saturated rings. The van der Waals surface area contributed by atoms with Gasteiger partial charge in [0.25, 0.3) is 0 Å². The van der Waals surface area contributed by atoms with Gasteiger partial charge in [0.15, 0.2) is 0 Å². The van der Waals surface area contributed by atoms with E-state index in [-0.39, 0.29) is 6.54 Å². The molecule has 0 radical (unpaired) electrons. The normalized spacial score (nSPS) is 10.4. The van der Waals surface area contributed by atoms with Gasteiger partial charge in [0, 0.05) is 11.8 Å². The first kappa shape index (κ1) is 14.8. The molecular weight excluding hydrogens is 292 g/mol. The van der Waals surface area contributed by atoms with Crippen LogP contribution in [0.2, 0.25) is 0 Å². The second-order valence-corrected chi connectivity index (χ2v) is 5.12. The second kappa shape index (κ2) is 6.79. The molecule has 2 aromatic carbocycles. The minimum atomic E-state index is -0.913. The smallest absolute Gasteiger partial charge is 0.325 e. The van der Waals surface area contributed by atoms with Crippen LogP contribution in [0.25, 0.3) is 11.1 Å². The Morgan fingerprint density at radius 2 is 1.78 bits per heavy atom. The van der Waals surface area contributed by atoms with E-state index < -0.39 is 5.97 Å². The van der Waals surface area contributed by atoms with Crippen molar-refractivity contribution in [3.63, 3.8) is 0 Å². The Balaban J connectivity index is 1.64. The predicted molar refractivity (Wildman–Crippen MR) is 86.1 cm³/mol. The number of hydrogen-bond acceptors (Lipinski definition) is 3. The molecule has 0 aliphatic rings. The SMILES string of the molecule is O=C(O)Cn1cc(-c2ccc(OCc3ccccc3)cc2)cn1. The zero-order valence-electron chi connectivity index (χ0n) is 12.4. The summed E-state index contributed by atoms with van der Waals surface area (Å²) in [4.78, 5) is 10.7. The molecule has 5 heteroatoms. The van der Waals surface area contributed by atoms with Gasteiger partial charge in [0.05, 0.1) is 6.20 Å². The maximum absolute atomic E-state index is 10.7. The Labute approximate surface area is 133 Å². The molecule has 0 aliphatic carbocycles. The third-order valence-corrected chi connectivity index (χ3v) is 3.37. The minimum Gasteiger partial charge on any atom is -0.489 e. The van der Waals surface area contributed by atoms with Gasteiger partial charge in [0.2, 0.25) is 0 Å². The molecule has 0 spiro atoms. The van der Waals surface area contributed by atoms with Crippen molar-refractivity contribution >= 4 is 5.97 Å². The minimum absolute atomic E-state index is 0.141. The lowest BCUT2D eigenvalue weighted by Crippen LogP contribution is -2.08. The van der Waals surface area contributed by atoms with E-state index >= 15 is 0 Å². The van der Waals surface area contributed by atoms with Gasteiger partial charge in [-0.2, -0.15) is 5.10 Å². The van der Waals surface area contributed by atoms with Crippen LogP contribution >= 0.6 is 0 Å². The molecule has 1 heterocycles. The van der Waals surface area contributed by atoms with Crippen molar-refractivity contribution in [3.05, 3.63) is 72.6 Å². The van der Waals surface area contributed by atoms with E-state index in [1.807, 2.05) is 54.6 Å². The summed E-state index contributed by atoms with van der Waals surface area (Å²) < 4.78 is 7.14. The number of benzene rings is 2. The number of rotatable bonds is 6. The highest BCUT2D eigenvalue weighted by molar-refractivity contribution is 5.67. The Morgan fingerprint density at radius 1 is 1.04 bits per heavy atom. The van der Waals surface area contributed by atoms with Crippen molar-refractivity contribution in [2.45, 2.75) is 13.2 Å². The van der Waals surface area contributed by atoms with E-state index in [2.05, 4.69) is 5.10 Å². The third-order valence-electron chi connectivity index (χ3n) is 3.37. The summed E-state index contributed by atoms with van der Waals surface area (Å²) in [6.45, 7) is 0.384. The number of carboxylic acids is 1. The monoisotopic (exact) mass is 308 g/mol. The highest BCUT2D eigenvalue weighted by Gasteiger charge is 2.05. The molecule has 0 atom stereocenters. The quantitative estimate of drug-likeness (QED) is 0.759. The molecule has 0 saturated heterocycles. The lowest BCUT2D eigenvalue weighted by atomic mass is 10.1. The van der Waals surface area contributed by atoms with Crippen LogP contribution in [0.15, 0.2) is 67.0 Å². The van der Waals surface area contributed by atoms with Gasteiger partial charge in [-0.1, -0.05) is 42.5 Å². The van der Waals surface area contributed by atoms with Crippen LogP contribution in [0.5, 0.6) is 5.75 Å².